The highest BCUT2D eigenvalue weighted by atomic mass is 15.3. The summed E-state index contributed by atoms with van der Waals surface area (Å²) in [6, 6.07) is 2.23. The van der Waals surface area contributed by atoms with Gasteiger partial charge in [-0.3, -0.25) is 4.68 Å². The Morgan fingerprint density at radius 1 is 1.44 bits per heavy atom. The first-order chi connectivity index (χ1) is 7.66. The van der Waals surface area contributed by atoms with Crippen molar-refractivity contribution in [1.82, 2.24) is 9.78 Å². The van der Waals surface area contributed by atoms with E-state index in [0.29, 0.717) is 11.8 Å². The van der Waals surface area contributed by atoms with Gasteiger partial charge in [0.1, 0.15) is 5.82 Å². The molecule has 0 saturated heterocycles. The van der Waals surface area contributed by atoms with Crippen molar-refractivity contribution in [1.29, 1.82) is 0 Å². The number of hydrogen-bond donors (Lipinski definition) is 1. The van der Waals surface area contributed by atoms with Gasteiger partial charge in [-0.15, -0.1) is 0 Å². The minimum Gasteiger partial charge on any atom is -0.370 e. The first-order valence-corrected chi connectivity index (χ1v) is 6.44. The van der Waals surface area contributed by atoms with E-state index in [1.165, 1.54) is 31.4 Å². The molecule has 3 nitrogen and oxygen atoms in total. The maximum atomic E-state index is 4.62. The molecule has 0 amide bonds. The molecule has 1 aromatic heterocycles. The second kappa shape index (κ2) is 4.89. The lowest BCUT2D eigenvalue weighted by molar-refractivity contribution is 0.652. The summed E-state index contributed by atoms with van der Waals surface area (Å²) in [5.41, 5.74) is 1.28. The lowest BCUT2D eigenvalue weighted by Gasteiger charge is -2.07. The highest BCUT2D eigenvalue weighted by Crippen LogP contribution is 2.34. The predicted molar refractivity (Wildman–Crippen MR) is 67.7 cm³/mol. The van der Waals surface area contributed by atoms with Crippen molar-refractivity contribution >= 4 is 5.82 Å². The molecule has 1 aliphatic carbocycles. The Bertz CT molecular complexity index is 335. The molecule has 0 aromatic carbocycles. The molecule has 1 aromatic rings. The Balaban J connectivity index is 2.02. The third-order valence-electron chi connectivity index (χ3n) is 3.36. The molecule has 0 atom stereocenters. The zero-order chi connectivity index (χ0) is 11.5. The van der Waals surface area contributed by atoms with Crippen LogP contribution in [-0.4, -0.2) is 16.3 Å². The minimum atomic E-state index is 0.671. The fourth-order valence-corrected chi connectivity index (χ4v) is 2.38. The quantitative estimate of drug-likeness (QED) is 0.846. The van der Waals surface area contributed by atoms with Crippen LogP contribution in [0.3, 0.4) is 0 Å². The van der Waals surface area contributed by atoms with Crippen molar-refractivity contribution in [2.75, 3.05) is 11.9 Å². The Morgan fingerprint density at radius 3 is 2.75 bits per heavy atom. The Morgan fingerprint density at radius 2 is 2.12 bits per heavy atom. The molecule has 1 heterocycles. The van der Waals surface area contributed by atoms with Gasteiger partial charge in [0.15, 0.2) is 0 Å². The first-order valence-electron chi connectivity index (χ1n) is 6.44. The number of hydrogen-bond acceptors (Lipinski definition) is 2. The molecule has 1 aliphatic rings. The van der Waals surface area contributed by atoms with Gasteiger partial charge in [0, 0.05) is 25.6 Å². The van der Waals surface area contributed by atoms with Gasteiger partial charge in [0.05, 0.1) is 5.69 Å². The van der Waals surface area contributed by atoms with E-state index in [0.717, 1.165) is 12.4 Å². The Kier molecular flexibility index (Phi) is 3.52. The van der Waals surface area contributed by atoms with Crippen molar-refractivity contribution in [2.45, 2.75) is 45.4 Å². The molecular weight excluding hydrogens is 198 g/mol. The van der Waals surface area contributed by atoms with Crippen LogP contribution in [0.4, 0.5) is 5.82 Å². The van der Waals surface area contributed by atoms with Crippen LogP contribution in [0.1, 0.15) is 51.1 Å². The standard InChI is InChI=1S/C13H23N3/c1-10(2)9-14-13-8-12(15-16(13)3)11-6-4-5-7-11/h8,10-11,14H,4-7,9H2,1-3H3. The van der Waals surface area contributed by atoms with Gasteiger partial charge in [-0.25, -0.2) is 0 Å². The molecule has 16 heavy (non-hydrogen) atoms. The van der Waals surface area contributed by atoms with Crippen molar-refractivity contribution in [3.05, 3.63) is 11.8 Å². The van der Waals surface area contributed by atoms with E-state index in [4.69, 9.17) is 0 Å². The third kappa shape index (κ3) is 2.57. The average molecular weight is 221 g/mol. The molecule has 1 saturated carbocycles. The summed E-state index contributed by atoms with van der Waals surface area (Å²) in [5.74, 6) is 2.54. The number of aromatic nitrogens is 2. The van der Waals surface area contributed by atoms with E-state index in [-0.39, 0.29) is 0 Å². The van der Waals surface area contributed by atoms with E-state index < -0.39 is 0 Å². The molecule has 2 rings (SSSR count). The van der Waals surface area contributed by atoms with Crippen molar-refractivity contribution < 1.29 is 0 Å². The lowest BCUT2D eigenvalue weighted by Crippen LogP contribution is -2.10. The van der Waals surface area contributed by atoms with Crippen LogP contribution in [-0.2, 0) is 7.05 Å². The summed E-state index contributed by atoms with van der Waals surface area (Å²) in [7, 11) is 2.03. The fraction of sp³-hybridized carbons (Fsp3) is 0.769. The van der Waals surface area contributed by atoms with Gasteiger partial charge in [0.2, 0.25) is 0 Å². The summed E-state index contributed by atoms with van der Waals surface area (Å²) < 4.78 is 1.98. The summed E-state index contributed by atoms with van der Waals surface area (Å²) in [6.07, 6.45) is 5.38. The number of nitrogens with one attached hydrogen (secondary N) is 1. The maximum Gasteiger partial charge on any atom is 0.124 e. The SMILES string of the molecule is CC(C)CNc1cc(C2CCCC2)nn1C. The van der Waals surface area contributed by atoms with Gasteiger partial charge < -0.3 is 5.32 Å². The van der Waals surface area contributed by atoms with E-state index in [9.17, 15) is 0 Å². The van der Waals surface area contributed by atoms with Crippen molar-refractivity contribution in [2.24, 2.45) is 13.0 Å². The number of rotatable bonds is 4. The van der Waals surface area contributed by atoms with Crippen LogP contribution in [0.5, 0.6) is 0 Å². The molecule has 0 bridgehead atoms. The number of nitrogens with zero attached hydrogens (tertiary/aromatic N) is 2. The second-order valence-electron chi connectivity index (χ2n) is 5.33. The van der Waals surface area contributed by atoms with E-state index in [2.05, 4.69) is 30.3 Å². The topological polar surface area (TPSA) is 29.9 Å². The van der Waals surface area contributed by atoms with Crippen LogP contribution in [0.2, 0.25) is 0 Å². The normalized spacial score (nSPS) is 17.2. The molecule has 3 heteroatoms. The first kappa shape index (κ1) is 11.5. The van der Waals surface area contributed by atoms with E-state index in [1.54, 1.807) is 0 Å². The van der Waals surface area contributed by atoms with Gasteiger partial charge >= 0.3 is 0 Å². The lowest BCUT2D eigenvalue weighted by atomic mass is 10.0. The van der Waals surface area contributed by atoms with Crippen LogP contribution in [0.15, 0.2) is 6.07 Å². The zero-order valence-corrected chi connectivity index (χ0v) is 10.7. The van der Waals surface area contributed by atoms with Crippen molar-refractivity contribution in [3.8, 4) is 0 Å². The van der Waals surface area contributed by atoms with Crippen molar-refractivity contribution in [3.63, 3.8) is 0 Å². The van der Waals surface area contributed by atoms with Crippen LogP contribution in [0, 0.1) is 5.92 Å². The monoisotopic (exact) mass is 221 g/mol. The molecule has 1 N–H and O–H groups in total. The summed E-state index contributed by atoms with van der Waals surface area (Å²) in [5, 5.41) is 8.08. The molecule has 0 radical (unpaired) electrons. The van der Waals surface area contributed by atoms with E-state index in [1.807, 2.05) is 11.7 Å². The second-order valence-corrected chi connectivity index (χ2v) is 5.33. The Labute approximate surface area is 98.2 Å². The predicted octanol–water partition coefficient (Wildman–Crippen LogP) is 3.15. The molecular formula is C13H23N3. The minimum absolute atomic E-state index is 0.671. The average Bonchev–Trinajstić information content (AvgIpc) is 2.83. The van der Waals surface area contributed by atoms with Crippen LogP contribution in [0.25, 0.3) is 0 Å². The largest absolute Gasteiger partial charge is 0.370 e. The van der Waals surface area contributed by atoms with Gasteiger partial charge in [-0.2, -0.15) is 5.10 Å². The fourth-order valence-electron chi connectivity index (χ4n) is 2.38. The molecule has 0 unspecified atom stereocenters. The van der Waals surface area contributed by atoms with Crippen LogP contribution >= 0.6 is 0 Å². The Hall–Kier alpha value is -0.990. The molecule has 0 spiro atoms. The maximum absolute atomic E-state index is 4.62. The molecule has 1 fully saturated rings. The molecule has 0 aliphatic heterocycles. The highest BCUT2D eigenvalue weighted by Gasteiger charge is 2.20. The zero-order valence-electron chi connectivity index (χ0n) is 10.7. The van der Waals surface area contributed by atoms with Crippen LogP contribution < -0.4 is 5.32 Å². The van der Waals surface area contributed by atoms with Gasteiger partial charge in [-0.1, -0.05) is 26.7 Å². The number of anilines is 1. The smallest absolute Gasteiger partial charge is 0.124 e. The highest BCUT2D eigenvalue weighted by molar-refractivity contribution is 5.38. The van der Waals surface area contributed by atoms with Gasteiger partial charge in [0.25, 0.3) is 0 Å². The third-order valence-corrected chi connectivity index (χ3v) is 3.36. The summed E-state index contributed by atoms with van der Waals surface area (Å²) in [4.78, 5) is 0. The molecule has 90 valence electrons. The summed E-state index contributed by atoms with van der Waals surface area (Å²) >= 11 is 0. The van der Waals surface area contributed by atoms with E-state index >= 15 is 0 Å². The number of aryl methyl sites for hydroxylation is 1. The van der Waals surface area contributed by atoms with Gasteiger partial charge in [-0.05, 0) is 18.8 Å². The summed E-state index contributed by atoms with van der Waals surface area (Å²) in [6.45, 7) is 5.46.